The van der Waals surface area contributed by atoms with E-state index in [1.165, 1.54) is 0 Å². The summed E-state index contributed by atoms with van der Waals surface area (Å²) in [6.07, 6.45) is 5.72. The summed E-state index contributed by atoms with van der Waals surface area (Å²) in [6, 6.07) is 1.74. The molecule has 3 rings (SSSR count). The normalized spacial score (nSPS) is 21.7. The van der Waals surface area contributed by atoms with Gasteiger partial charge in [0.1, 0.15) is 17.0 Å². The van der Waals surface area contributed by atoms with Gasteiger partial charge in [0.25, 0.3) is 5.91 Å². The van der Waals surface area contributed by atoms with Crippen molar-refractivity contribution in [3.05, 3.63) is 29.3 Å². The van der Waals surface area contributed by atoms with Gasteiger partial charge in [-0.1, -0.05) is 18.1 Å². The molecular weight excluding hydrogens is 308 g/mol. The maximum atomic E-state index is 12.4. The lowest BCUT2D eigenvalue weighted by Crippen LogP contribution is -2.43. The van der Waals surface area contributed by atoms with Crippen molar-refractivity contribution in [2.75, 3.05) is 0 Å². The number of H-pyrrole nitrogens is 1. The molecule has 2 aromatic rings. The fraction of sp³-hybridized carbons (Fsp3) is 0.625. The predicted octanol–water partition coefficient (Wildman–Crippen LogP) is 1.45. The van der Waals surface area contributed by atoms with Gasteiger partial charge in [-0.05, 0) is 39.7 Å². The van der Waals surface area contributed by atoms with Gasteiger partial charge in [0.2, 0.25) is 0 Å². The number of carbonyl (C=O) groups excluding carboxylic acids is 1. The molecule has 1 saturated carbocycles. The fourth-order valence-corrected chi connectivity index (χ4v) is 3.09. The van der Waals surface area contributed by atoms with E-state index in [0.717, 1.165) is 31.4 Å². The number of carbonyl (C=O) groups is 1. The van der Waals surface area contributed by atoms with Gasteiger partial charge < -0.3 is 10.4 Å². The number of amides is 1. The molecule has 1 aliphatic carbocycles. The summed E-state index contributed by atoms with van der Waals surface area (Å²) in [6.45, 7) is 5.23. The monoisotopic (exact) mass is 332 g/mol. The first-order valence-corrected chi connectivity index (χ1v) is 8.32. The van der Waals surface area contributed by atoms with E-state index < -0.39 is 5.60 Å². The van der Waals surface area contributed by atoms with Crippen LogP contribution in [0.3, 0.4) is 0 Å². The summed E-state index contributed by atoms with van der Waals surface area (Å²) in [5, 5.41) is 28.2. The van der Waals surface area contributed by atoms with Gasteiger partial charge >= 0.3 is 0 Å². The van der Waals surface area contributed by atoms with Crippen molar-refractivity contribution in [3.8, 4) is 0 Å². The smallest absolute Gasteiger partial charge is 0.272 e. The van der Waals surface area contributed by atoms with Gasteiger partial charge in [-0.2, -0.15) is 5.10 Å². The number of rotatable bonds is 4. The molecule has 0 spiro atoms. The summed E-state index contributed by atoms with van der Waals surface area (Å²) in [7, 11) is 0. The molecule has 2 aromatic heterocycles. The third kappa shape index (κ3) is 3.48. The van der Waals surface area contributed by atoms with Gasteiger partial charge in [0.15, 0.2) is 0 Å². The van der Waals surface area contributed by atoms with Crippen LogP contribution >= 0.6 is 0 Å². The molecule has 8 nitrogen and oxygen atoms in total. The van der Waals surface area contributed by atoms with Crippen molar-refractivity contribution >= 4 is 5.91 Å². The Morgan fingerprint density at radius 1 is 1.42 bits per heavy atom. The minimum absolute atomic E-state index is 0.0281. The summed E-state index contributed by atoms with van der Waals surface area (Å²) in [4.78, 5) is 12.4. The zero-order chi connectivity index (χ0) is 17.3. The van der Waals surface area contributed by atoms with Crippen LogP contribution in [-0.2, 0) is 5.60 Å². The van der Waals surface area contributed by atoms with Crippen LogP contribution in [0.25, 0.3) is 0 Å². The molecule has 2 heterocycles. The molecule has 0 unspecified atom stereocenters. The summed E-state index contributed by atoms with van der Waals surface area (Å²) >= 11 is 0. The Morgan fingerprint density at radius 3 is 2.79 bits per heavy atom. The van der Waals surface area contributed by atoms with E-state index in [-0.39, 0.29) is 18.0 Å². The van der Waals surface area contributed by atoms with Gasteiger partial charge in [-0.3, -0.25) is 9.89 Å². The van der Waals surface area contributed by atoms with E-state index in [1.807, 2.05) is 6.92 Å². The molecule has 0 bridgehead atoms. The van der Waals surface area contributed by atoms with E-state index in [9.17, 15) is 9.90 Å². The maximum absolute atomic E-state index is 12.4. The summed E-state index contributed by atoms with van der Waals surface area (Å²) in [5.41, 5.74) is 0.748. The molecule has 0 aliphatic heterocycles. The zero-order valence-corrected chi connectivity index (χ0v) is 14.3. The Balaban J connectivity index is 1.76. The highest BCUT2D eigenvalue weighted by Gasteiger charge is 2.31. The first-order valence-electron chi connectivity index (χ1n) is 8.32. The fourth-order valence-electron chi connectivity index (χ4n) is 3.09. The number of hydrogen-bond donors (Lipinski definition) is 3. The Hall–Kier alpha value is -2.22. The quantitative estimate of drug-likeness (QED) is 0.785. The van der Waals surface area contributed by atoms with Crippen LogP contribution in [0.5, 0.6) is 0 Å². The molecule has 24 heavy (non-hydrogen) atoms. The van der Waals surface area contributed by atoms with E-state index in [0.29, 0.717) is 11.4 Å². The molecule has 3 N–H and O–H groups in total. The highest BCUT2D eigenvalue weighted by Crippen LogP contribution is 2.29. The van der Waals surface area contributed by atoms with Crippen LogP contribution in [0.2, 0.25) is 0 Å². The van der Waals surface area contributed by atoms with Gasteiger partial charge in [-0.25, -0.2) is 4.68 Å². The number of nitrogens with one attached hydrogen (secondary N) is 2. The van der Waals surface area contributed by atoms with Crippen LogP contribution in [0, 0.1) is 6.92 Å². The van der Waals surface area contributed by atoms with E-state index in [1.54, 1.807) is 30.8 Å². The number of nitrogens with zero attached hydrogens (tertiary/aromatic N) is 4. The Morgan fingerprint density at radius 2 is 2.17 bits per heavy atom. The van der Waals surface area contributed by atoms with E-state index >= 15 is 0 Å². The lowest BCUT2D eigenvalue weighted by Gasteiger charge is -2.31. The molecule has 0 saturated heterocycles. The second kappa shape index (κ2) is 6.35. The molecule has 1 fully saturated rings. The highest BCUT2D eigenvalue weighted by molar-refractivity contribution is 5.92. The maximum Gasteiger partial charge on any atom is 0.272 e. The molecule has 0 aromatic carbocycles. The standard InChI is InChI=1S/C16H24N6O2/c1-10-8-12(19-18-10)15(23)17-11-6-4-5-7-13(11)22-9-14(20-21-22)16(2,3)24/h8-9,11,13,24H,4-7H2,1-3H3,(H,17,23)(H,18,19)/t11-,13+/m0/s1. The SMILES string of the molecule is Cc1cc(C(=O)N[C@H]2CCCC[C@H]2n2cc(C(C)(C)O)nn2)n[nH]1. The number of hydrogen-bond acceptors (Lipinski definition) is 5. The lowest BCUT2D eigenvalue weighted by molar-refractivity contribution is 0.0735. The molecule has 8 heteroatoms. The van der Waals surface area contributed by atoms with Crippen LogP contribution < -0.4 is 5.32 Å². The van der Waals surface area contributed by atoms with Crippen LogP contribution in [0.15, 0.2) is 12.3 Å². The average molecular weight is 332 g/mol. The second-order valence-electron chi connectivity index (χ2n) is 7.01. The largest absolute Gasteiger partial charge is 0.384 e. The van der Waals surface area contributed by atoms with Crippen molar-refractivity contribution in [3.63, 3.8) is 0 Å². The molecule has 1 aliphatic rings. The van der Waals surface area contributed by atoms with Crippen LogP contribution in [0.1, 0.15) is 67.4 Å². The van der Waals surface area contributed by atoms with Crippen molar-refractivity contribution in [2.24, 2.45) is 0 Å². The van der Waals surface area contributed by atoms with Gasteiger partial charge in [0, 0.05) is 5.69 Å². The minimum atomic E-state index is -1.03. The summed E-state index contributed by atoms with van der Waals surface area (Å²) in [5.74, 6) is -0.181. The molecule has 0 radical (unpaired) electrons. The second-order valence-corrected chi connectivity index (χ2v) is 7.01. The van der Waals surface area contributed by atoms with Crippen molar-refractivity contribution in [1.82, 2.24) is 30.5 Å². The van der Waals surface area contributed by atoms with Crippen LogP contribution in [0.4, 0.5) is 0 Å². The predicted molar refractivity (Wildman–Crippen MR) is 87.4 cm³/mol. The minimum Gasteiger partial charge on any atom is -0.384 e. The third-order valence-corrected chi connectivity index (χ3v) is 4.46. The molecule has 1 amide bonds. The van der Waals surface area contributed by atoms with E-state index in [4.69, 9.17) is 0 Å². The Bertz CT molecular complexity index is 714. The average Bonchev–Trinajstić information content (AvgIpc) is 3.16. The number of aryl methyl sites for hydroxylation is 1. The molecule has 130 valence electrons. The molecule has 2 atom stereocenters. The first kappa shape index (κ1) is 16.6. The van der Waals surface area contributed by atoms with Crippen molar-refractivity contribution in [2.45, 2.75) is 64.1 Å². The van der Waals surface area contributed by atoms with Crippen molar-refractivity contribution in [1.29, 1.82) is 0 Å². The first-order chi connectivity index (χ1) is 11.3. The Labute approximate surface area is 140 Å². The molecular formula is C16H24N6O2. The summed E-state index contributed by atoms with van der Waals surface area (Å²) < 4.78 is 1.77. The lowest BCUT2D eigenvalue weighted by atomic mass is 9.90. The van der Waals surface area contributed by atoms with E-state index in [2.05, 4.69) is 25.8 Å². The topological polar surface area (TPSA) is 109 Å². The Kier molecular flexibility index (Phi) is 4.40. The highest BCUT2D eigenvalue weighted by atomic mass is 16.3. The third-order valence-electron chi connectivity index (χ3n) is 4.46. The van der Waals surface area contributed by atoms with Gasteiger partial charge in [-0.15, -0.1) is 5.10 Å². The number of aromatic amines is 1. The number of aromatic nitrogens is 5. The van der Waals surface area contributed by atoms with Gasteiger partial charge in [0.05, 0.1) is 18.3 Å². The number of aliphatic hydroxyl groups is 1. The van der Waals surface area contributed by atoms with Crippen LogP contribution in [-0.4, -0.2) is 42.2 Å². The zero-order valence-electron chi connectivity index (χ0n) is 14.3. The van der Waals surface area contributed by atoms with Crippen molar-refractivity contribution < 1.29 is 9.90 Å².